The van der Waals surface area contributed by atoms with Gasteiger partial charge in [0.25, 0.3) is 5.56 Å². The van der Waals surface area contributed by atoms with E-state index in [-0.39, 0.29) is 18.0 Å². The minimum Gasteiger partial charge on any atom is -0.330 e. The van der Waals surface area contributed by atoms with Gasteiger partial charge in [-0.2, -0.15) is 0 Å². The summed E-state index contributed by atoms with van der Waals surface area (Å²) in [5.74, 6) is 0. The number of rotatable bonds is 3. The molecule has 0 saturated heterocycles. The number of nitrogens with zero attached hydrogens (tertiary/aromatic N) is 1. The fourth-order valence-electron chi connectivity index (χ4n) is 0.939. The van der Waals surface area contributed by atoms with Gasteiger partial charge in [0.05, 0.1) is 0 Å². The lowest BCUT2D eigenvalue weighted by Gasteiger charge is -2.03. The van der Waals surface area contributed by atoms with E-state index in [2.05, 4.69) is 15.9 Å². The van der Waals surface area contributed by atoms with Crippen molar-refractivity contribution in [2.45, 2.75) is 13.0 Å². The zero-order valence-corrected chi connectivity index (χ0v) is 9.47. The van der Waals surface area contributed by atoms with Gasteiger partial charge >= 0.3 is 0 Å². The SMILES string of the molecule is Cl.NCCCn1cc(Br)ccc1=O. The number of aryl methyl sites for hydroxylation is 1. The Morgan fingerprint density at radius 1 is 1.46 bits per heavy atom. The largest absolute Gasteiger partial charge is 0.330 e. The quantitative estimate of drug-likeness (QED) is 0.899. The van der Waals surface area contributed by atoms with Crippen LogP contribution in [0.15, 0.2) is 27.6 Å². The Morgan fingerprint density at radius 3 is 2.77 bits per heavy atom. The molecule has 2 N–H and O–H groups in total. The van der Waals surface area contributed by atoms with Crippen molar-refractivity contribution >= 4 is 28.3 Å². The van der Waals surface area contributed by atoms with Crippen molar-refractivity contribution in [2.24, 2.45) is 5.73 Å². The molecule has 0 radical (unpaired) electrons. The van der Waals surface area contributed by atoms with E-state index in [0.717, 1.165) is 10.9 Å². The lowest BCUT2D eigenvalue weighted by molar-refractivity contribution is 0.628. The van der Waals surface area contributed by atoms with E-state index in [0.29, 0.717) is 13.1 Å². The van der Waals surface area contributed by atoms with E-state index in [9.17, 15) is 4.79 Å². The lowest BCUT2D eigenvalue weighted by atomic mass is 10.4. The highest BCUT2D eigenvalue weighted by molar-refractivity contribution is 9.10. The van der Waals surface area contributed by atoms with Crippen molar-refractivity contribution in [3.8, 4) is 0 Å². The zero-order chi connectivity index (χ0) is 8.97. The van der Waals surface area contributed by atoms with Crippen LogP contribution in [-0.2, 0) is 6.54 Å². The van der Waals surface area contributed by atoms with E-state index in [1.807, 2.05) is 0 Å². The molecule has 0 aliphatic rings. The molecule has 13 heavy (non-hydrogen) atoms. The van der Waals surface area contributed by atoms with Crippen molar-refractivity contribution in [2.75, 3.05) is 6.54 Å². The Balaban J connectivity index is 0.00000144. The lowest BCUT2D eigenvalue weighted by Crippen LogP contribution is -2.19. The van der Waals surface area contributed by atoms with Crippen molar-refractivity contribution in [1.82, 2.24) is 4.57 Å². The fourth-order valence-corrected chi connectivity index (χ4v) is 1.32. The number of nitrogens with two attached hydrogens (primary N) is 1. The molecule has 0 aromatic carbocycles. The van der Waals surface area contributed by atoms with Gasteiger partial charge in [0.15, 0.2) is 0 Å². The Morgan fingerprint density at radius 2 is 2.15 bits per heavy atom. The molecule has 1 aromatic rings. The second-order valence-electron chi connectivity index (χ2n) is 2.52. The van der Waals surface area contributed by atoms with Gasteiger partial charge in [0.2, 0.25) is 0 Å². The van der Waals surface area contributed by atoms with Crippen molar-refractivity contribution in [3.63, 3.8) is 0 Å². The maximum Gasteiger partial charge on any atom is 0.250 e. The van der Waals surface area contributed by atoms with Crippen LogP contribution in [0.1, 0.15) is 6.42 Å². The van der Waals surface area contributed by atoms with E-state index in [1.165, 1.54) is 0 Å². The summed E-state index contributed by atoms with van der Waals surface area (Å²) in [6, 6.07) is 3.28. The van der Waals surface area contributed by atoms with Crippen LogP contribution in [0, 0.1) is 0 Å². The van der Waals surface area contributed by atoms with E-state index >= 15 is 0 Å². The molecule has 0 atom stereocenters. The number of halogens is 2. The molecular weight excluding hydrogens is 255 g/mol. The molecule has 0 bridgehead atoms. The predicted molar refractivity (Wildman–Crippen MR) is 59.3 cm³/mol. The van der Waals surface area contributed by atoms with E-state index in [4.69, 9.17) is 5.73 Å². The zero-order valence-electron chi connectivity index (χ0n) is 7.07. The first-order valence-electron chi connectivity index (χ1n) is 3.80. The molecule has 0 unspecified atom stereocenters. The molecule has 0 spiro atoms. The molecule has 1 aromatic heterocycles. The monoisotopic (exact) mass is 266 g/mol. The van der Waals surface area contributed by atoms with Crippen LogP contribution >= 0.6 is 28.3 Å². The Kier molecular flexibility index (Phi) is 6.03. The third kappa shape index (κ3) is 3.93. The van der Waals surface area contributed by atoms with Gasteiger partial charge in [-0.1, -0.05) is 0 Å². The number of hydrogen-bond donors (Lipinski definition) is 1. The van der Waals surface area contributed by atoms with Crippen LogP contribution in [0.3, 0.4) is 0 Å². The Bertz CT molecular complexity index is 313. The fraction of sp³-hybridized carbons (Fsp3) is 0.375. The maximum absolute atomic E-state index is 11.2. The minimum atomic E-state index is 0. The first kappa shape index (κ1) is 12.7. The van der Waals surface area contributed by atoms with Gasteiger partial charge in [-0.15, -0.1) is 12.4 Å². The van der Waals surface area contributed by atoms with Gasteiger partial charge in [0, 0.05) is 23.3 Å². The summed E-state index contributed by atoms with van der Waals surface area (Å²) >= 11 is 3.30. The van der Waals surface area contributed by atoms with Crippen LogP contribution in [0.25, 0.3) is 0 Å². The van der Waals surface area contributed by atoms with Gasteiger partial charge < -0.3 is 10.3 Å². The first-order valence-corrected chi connectivity index (χ1v) is 4.59. The molecule has 1 heterocycles. The topological polar surface area (TPSA) is 48.0 Å². The molecule has 3 nitrogen and oxygen atoms in total. The summed E-state index contributed by atoms with van der Waals surface area (Å²) in [6.45, 7) is 1.30. The highest BCUT2D eigenvalue weighted by Gasteiger charge is 1.94. The highest BCUT2D eigenvalue weighted by Crippen LogP contribution is 2.04. The predicted octanol–water partition coefficient (Wildman–Crippen LogP) is 1.38. The van der Waals surface area contributed by atoms with Gasteiger partial charge in [-0.25, -0.2) is 0 Å². The van der Waals surface area contributed by atoms with Crippen LogP contribution < -0.4 is 11.3 Å². The van der Waals surface area contributed by atoms with E-state index < -0.39 is 0 Å². The van der Waals surface area contributed by atoms with Crippen LogP contribution in [0.5, 0.6) is 0 Å². The van der Waals surface area contributed by atoms with Gasteiger partial charge in [0.1, 0.15) is 0 Å². The van der Waals surface area contributed by atoms with E-state index in [1.54, 1.807) is 22.9 Å². The maximum atomic E-state index is 11.2. The normalized spacial score (nSPS) is 9.38. The summed E-state index contributed by atoms with van der Waals surface area (Å²) in [5.41, 5.74) is 5.36. The molecule has 0 saturated carbocycles. The van der Waals surface area contributed by atoms with Crippen molar-refractivity contribution in [3.05, 3.63) is 33.2 Å². The highest BCUT2D eigenvalue weighted by atomic mass is 79.9. The summed E-state index contributed by atoms with van der Waals surface area (Å²) in [7, 11) is 0. The number of hydrogen-bond acceptors (Lipinski definition) is 2. The van der Waals surface area contributed by atoms with Gasteiger partial charge in [-0.05, 0) is 35.0 Å². The molecule has 5 heteroatoms. The van der Waals surface area contributed by atoms with Crippen molar-refractivity contribution in [1.29, 1.82) is 0 Å². The second-order valence-corrected chi connectivity index (χ2v) is 3.44. The van der Waals surface area contributed by atoms with Crippen LogP contribution in [0.4, 0.5) is 0 Å². The third-order valence-electron chi connectivity index (χ3n) is 1.55. The summed E-state index contributed by atoms with van der Waals surface area (Å²) in [6.07, 6.45) is 2.61. The van der Waals surface area contributed by atoms with Crippen LogP contribution in [0.2, 0.25) is 0 Å². The number of pyridine rings is 1. The molecule has 74 valence electrons. The molecule has 0 aliphatic heterocycles. The van der Waals surface area contributed by atoms with Crippen LogP contribution in [-0.4, -0.2) is 11.1 Å². The molecular formula is C8H12BrClN2O. The average Bonchev–Trinajstić information content (AvgIpc) is 2.07. The van der Waals surface area contributed by atoms with Crippen molar-refractivity contribution < 1.29 is 0 Å². The Hall–Kier alpha value is -0.320. The average molecular weight is 268 g/mol. The second kappa shape index (κ2) is 6.18. The Labute approximate surface area is 91.5 Å². The number of aromatic nitrogens is 1. The minimum absolute atomic E-state index is 0. The molecule has 0 fully saturated rings. The summed E-state index contributed by atoms with van der Waals surface area (Å²) in [5, 5.41) is 0. The van der Waals surface area contributed by atoms with Gasteiger partial charge in [-0.3, -0.25) is 4.79 Å². The third-order valence-corrected chi connectivity index (χ3v) is 2.02. The molecule has 0 amide bonds. The standard InChI is InChI=1S/C8H11BrN2O.ClH/c9-7-2-3-8(12)11(6-7)5-1-4-10;/h2-3,6H,1,4-5,10H2;1H. The smallest absolute Gasteiger partial charge is 0.250 e. The summed E-state index contributed by atoms with van der Waals surface area (Å²) in [4.78, 5) is 11.2. The molecule has 1 rings (SSSR count). The summed E-state index contributed by atoms with van der Waals surface area (Å²) < 4.78 is 2.57. The first-order chi connectivity index (χ1) is 5.74. The molecule has 0 aliphatic carbocycles.